The number of nitrogens with one attached hydrogen (secondary N) is 1. The van der Waals surface area contributed by atoms with E-state index in [1.54, 1.807) is 31.0 Å². The van der Waals surface area contributed by atoms with E-state index in [1.165, 1.54) is 0 Å². The quantitative estimate of drug-likeness (QED) is 0.529. The predicted molar refractivity (Wildman–Crippen MR) is 104 cm³/mol. The molecule has 1 aromatic carbocycles. The highest BCUT2D eigenvalue weighted by Crippen LogP contribution is 2.25. The minimum Gasteiger partial charge on any atom is -0.472 e. The number of carbonyl (C=O) groups is 1. The van der Waals surface area contributed by atoms with E-state index >= 15 is 0 Å². The summed E-state index contributed by atoms with van der Waals surface area (Å²) in [5, 5.41) is 3.31. The number of piperazine rings is 1. The number of hydrogen-bond donors (Lipinski definition) is 2. The van der Waals surface area contributed by atoms with Crippen molar-refractivity contribution < 1.29 is 9.21 Å². The highest BCUT2D eigenvalue weighted by Gasteiger charge is 2.16. The summed E-state index contributed by atoms with van der Waals surface area (Å²) in [6.45, 7) is 3.70. The molecule has 0 spiro atoms. The lowest BCUT2D eigenvalue weighted by Crippen LogP contribution is -2.43. The summed E-state index contributed by atoms with van der Waals surface area (Å²) >= 11 is 0. The van der Waals surface area contributed by atoms with E-state index in [0.717, 1.165) is 48.6 Å². The number of nitrogen functional groups attached to an aromatic ring is 1. The molecule has 7 nitrogen and oxygen atoms in total. The Morgan fingerprint density at radius 1 is 1.15 bits per heavy atom. The third kappa shape index (κ3) is 3.83. The number of Topliss-reactive ketones (excluding diaryl/α,β-unsaturated/α-hetero) is 1. The van der Waals surface area contributed by atoms with Crippen molar-refractivity contribution in [3.63, 3.8) is 0 Å². The van der Waals surface area contributed by atoms with E-state index in [2.05, 4.69) is 20.2 Å². The maximum atomic E-state index is 12.6. The summed E-state index contributed by atoms with van der Waals surface area (Å²) in [6.07, 6.45) is 6.87. The first-order chi connectivity index (χ1) is 13.2. The van der Waals surface area contributed by atoms with Gasteiger partial charge in [0.25, 0.3) is 0 Å². The van der Waals surface area contributed by atoms with Gasteiger partial charge in [-0.15, -0.1) is 0 Å². The molecule has 3 N–H and O–H groups in total. The molecular weight excluding hydrogens is 342 g/mol. The summed E-state index contributed by atoms with van der Waals surface area (Å²) in [4.78, 5) is 23.4. The van der Waals surface area contributed by atoms with Gasteiger partial charge in [-0.2, -0.15) is 0 Å². The molecule has 4 rings (SSSR count). The van der Waals surface area contributed by atoms with Crippen molar-refractivity contribution in [1.82, 2.24) is 15.3 Å². The van der Waals surface area contributed by atoms with Crippen molar-refractivity contribution in [2.45, 2.75) is 6.42 Å². The first kappa shape index (κ1) is 17.2. The number of carbonyl (C=O) groups excluding carboxylic acids is 1. The molecule has 0 saturated carbocycles. The van der Waals surface area contributed by atoms with Crippen LogP contribution in [0.25, 0.3) is 11.1 Å². The van der Waals surface area contributed by atoms with Crippen LogP contribution in [0.4, 0.5) is 11.4 Å². The Morgan fingerprint density at radius 2 is 1.93 bits per heavy atom. The lowest BCUT2D eigenvalue weighted by molar-refractivity contribution is 0.0983. The smallest absolute Gasteiger partial charge is 0.204 e. The fraction of sp³-hybridized carbons (Fsp3) is 0.250. The van der Waals surface area contributed by atoms with Gasteiger partial charge in [-0.25, -0.2) is 9.97 Å². The maximum Gasteiger partial charge on any atom is 0.204 e. The minimum absolute atomic E-state index is 0.155. The number of hydrogen-bond acceptors (Lipinski definition) is 7. The lowest BCUT2D eigenvalue weighted by atomic mass is 10.0. The molecule has 1 aliphatic rings. The van der Waals surface area contributed by atoms with Crippen LogP contribution in [0.15, 0.2) is 53.6 Å². The Balaban J connectivity index is 1.49. The molecule has 3 aromatic rings. The van der Waals surface area contributed by atoms with E-state index in [1.807, 2.05) is 18.2 Å². The molecule has 1 fully saturated rings. The van der Waals surface area contributed by atoms with Crippen molar-refractivity contribution in [2.24, 2.45) is 0 Å². The zero-order chi connectivity index (χ0) is 18.6. The van der Waals surface area contributed by atoms with Crippen molar-refractivity contribution in [3.8, 4) is 11.1 Å². The zero-order valence-corrected chi connectivity index (χ0v) is 14.9. The lowest BCUT2D eigenvalue weighted by Gasteiger charge is -2.28. The molecule has 1 aliphatic heterocycles. The third-order valence-corrected chi connectivity index (χ3v) is 4.72. The van der Waals surface area contributed by atoms with E-state index in [9.17, 15) is 4.79 Å². The van der Waals surface area contributed by atoms with Gasteiger partial charge in [0.1, 0.15) is 0 Å². The fourth-order valence-corrected chi connectivity index (χ4v) is 3.17. The van der Waals surface area contributed by atoms with E-state index in [4.69, 9.17) is 10.2 Å². The van der Waals surface area contributed by atoms with Crippen molar-refractivity contribution in [2.75, 3.05) is 36.8 Å². The van der Waals surface area contributed by atoms with Crippen LogP contribution in [-0.2, 0) is 6.42 Å². The van der Waals surface area contributed by atoms with Crippen molar-refractivity contribution in [3.05, 3.63) is 60.6 Å². The number of nitrogens with two attached hydrogens (primary N) is 1. The molecule has 1 saturated heterocycles. The molecule has 2 aromatic heterocycles. The molecule has 0 bridgehead atoms. The molecule has 0 aliphatic carbocycles. The van der Waals surface area contributed by atoms with Crippen LogP contribution in [0.2, 0.25) is 0 Å². The Bertz CT molecular complexity index is 916. The monoisotopic (exact) mass is 363 g/mol. The third-order valence-electron chi connectivity index (χ3n) is 4.72. The van der Waals surface area contributed by atoms with Gasteiger partial charge in [-0.05, 0) is 29.3 Å². The summed E-state index contributed by atoms with van der Waals surface area (Å²) in [6, 6.07) is 7.49. The number of furan rings is 1. The number of benzene rings is 1. The molecular formula is C20H21N5O2. The molecule has 0 radical (unpaired) electrons. The molecule has 27 heavy (non-hydrogen) atoms. The van der Waals surface area contributed by atoms with Crippen LogP contribution in [0.3, 0.4) is 0 Å². The topological polar surface area (TPSA) is 97.3 Å². The largest absolute Gasteiger partial charge is 0.472 e. The SMILES string of the molecule is Nc1ccc(-c2ccoc2)cc1CC(=O)c1ncc(N2CCNCC2)cn1. The summed E-state index contributed by atoms with van der Waals surface area (Å²) in [5.41, 5.74) is 10.2. The van der Waals surface area contributed by atoms with Crippen LogP contribution in [0, 0.1) is 0 Å². The van der Waals surface area contributed by atoms with Gasteiger partial charge in [0.2, 0.25) is 5.78 Å². The van der Waals surface area contributed by atoms with Crippen LogP contribution in [-0.4, -0.2) is 41.9 Å². The molecule has 0 atom stereocenters. The van der Waals surface area contributed by atoms with E-state index in [0.29, 0.717) is 5.69 Å². The van der Waals surface area contributed by atoms with Gasteiger partial charge >= 0.3 is 0 Å². The average Bonchev–Trinajstić information content (AvgIpc) is 3.25. The Morgan fingerprint density at radius 3 is 2.63 bits per heavy atom. The fourth-order valence-electron chi connectivity index (χ4n) is 3.17. The minimum atomic E-state index is -0.155. The number of anilines is 2. The Hall–Kier alpha value is -3.19. The molecule has 0 amide bonds. The molecule has 7 heteroatoms. The van der Waals surface area contributed by atoms with Crippen LogP contribution < -0.4 is 16.0 Å². The van der Waals surface area contributed by atoms with Gasteiger partial charge in [0.15, 0.2) is 5.82 Å². The standard InChI is InChI=1S/C20H21N5O2/c21-18-2-1-14(15-3-8-27-13-15)9-16(18)10-19(26)20-23-11-17(12-24-20)25-6-4-22-5-7-25/h1-3,8-9,11-13,22H,4-7,10,21H2. The normalized spacial score (nSPS) is 14.3. The number of nitrogens with zero attached hydrogens (tertiary/aromatic N) is 3. The van der Waals surface area contributed by atoms with E-state index < -0.39 is 0 Å². The summed E-state index contributed by atoms with van der Waals surface area (Å²) in [7, 11) is 0. The summed E-state index contributed by atoms with van der Waals surface area (Å²) in [5.74, 6) is 0.0555. The maximum absolute atomic E-state index is 12.6. The zero-order valence-electron chi connectivity index (χ0n) is 14.9. The molecule has 0 unspecified atom stereocenters. The van der Waals surface area contributed by atoms with Crippen LogP contribution in [0.5, 0.6) is 0 Å². The number of rotatable bonds is 5. The van der Waals surface area contributed by atoms with Crippen molar-refractivity contribution >= 4 is 17.2 Å². The number of ketones is 1. The van der Waals surface area contributed by atoms with Gasteiger partial charge < -0.3 is 20.4 Å². The highest BCUT2D eigenvalue weighted by molar-refractivity contribution is 5.95. The summed E-state index contributed by atoms with van der Waals surface area (Å²) < 4.78 is 5.12. The van der Waals surface area contributed by atoms with Gasteiger partial charge in [0, 0.05) is 43.9 Å². The first-order valence-electron chi connectivity index (χ1n) is 8.92. The van der Waals surface area contributed by atoms with E-state index in [-0.39, 0.29) is 18.0 Å². The second kappa shape index (κ2) is 7.59. The van der Waals surface area contributed by atoms with Gasteiger partial charge in [0.05, 0.1) is 30.6 Å². The highest BCUT2D eigenvalue weighted by atomic mass is 16.3. The predicted octanol–water partition coefficient (Wildman–Crippen LogP) is 2.15. The molecule has 138 valence electrons. The molecule has 3 heterocycles. The van der Waals surface area contributed by atoms with Gasteiger partial charge in [-0.1, -0.05) is 6.07 Å². The van der Waals surface area contributed by atoms with Gasteiger partial charge in [-0.3, -0.25) is 4.79 Å². The second-order valence-electron chi connectivity index (χ2n) is 6.53. The van der Waals surface area contributed by atoms with Crippen LogP contribution >= 0.6 is 0 Å². The first-order valence-corrected chi connectivity index (χ1v) is 8.92. The second-order valence-corrected chi connectivity index (χ2v) is 6.53. The average molecular weight is 363 g/mol. The van der Waals surface area contributed by atoms with Crippen LogP contribution in [0.1, 0.15) is 16.2 Å². The van der Waals surface area contributed by atoms with Crippen molar-refractivity contribution in [1.29, 1.82) is 0 Å². The Labute approximate surface area is 157 Å². The Kier molecular flexibility index (Phi) is 4.84. The number of aromatic nitrogens is 2.